The number of nitrogens with one attached hydrogen (secondary N) is 2. The number of anilines is 1. The summed E-state index contributed by atoms with van der Waals surface area (Å²) >= 11 is 1.66. The molecule has 5 nitrogen and oxygen atoms in total. The molecule has 6 heteroatoms. The van der Waals surface area contributed by atoms with Crippen molar-refractivity contribution in [3.05, 3.63) is 29.8 Å². The lowest BCUT2D eigenvalue weighted by Crippen LogP contribution is -2.30. The molecule has 0 aliphatic carbocycles. The Balaban J connectivity index is 2.47. The van der Waals surface area contributed by atoms with E-state index < -0.39 is 5.97 Å². The maximum absolute atomic E-state index is 11.5. The minimum atomic E-state index is -0.826. The van der Waals surface area contributed by atoms with Gasteiger partial charge in [-0.3, -0.25) is 4.79 Å². The van der Waals surface area contributed by atoms with E-state index in [-0.39, 0.29) is 12.5 Å². The normalized spacial score (nSPS) is 9.95. The van der Waals surface area contributed by atoms with E-state index >= 15 is 0 Å². The van der Waals surface area contributed by atoms with Crippen LogP contribution in [0.4, 0.5) is 10.5 Å². The van der Waals surface area contributed by atoms with E-state index in [0.29, 0.717) is 18.7 Å². The molecule has 0 heterocycles. The highest BCUT2D eigenvalue weighted by molar-refractivity contribution is 7.98. The molecule has 3 N–H and O–H groups in total. The van der Waals surface area contributed by atoms with Gasteiger partial charge in [-0.1, -0.05) is 12.1 Å². The van der Waals surface area contributed by atoms with Gasteiger partial charge >= 0.3 is 12.0 Å². The van der Waals surface area contributed by atoms with Gasteiger partial charge in [-0.05, 0) is 30.4 Å². The van der Waals surface area contributed by atoms with E-state index in [2.05, 4.69) is 10.6 Å². The lowest BCUT2D eigenvalue weighted by atomic mass is 10.1. The van der Waals surface area contributed by atoms with Crippen LogP contribution in [0.15, 0.2) is 24.3 Å². The summed E-state index contributed by atoms with van der Waals surface area (Å²) in [5.41, 5.74) is 1.56. The van der Waals surface area contributed by atoms with Gasteiger partial charge in [0.05, 0.1) is 0 Å². The minimum Gasteiger partial charge on any atom is -0.481 e. The van der Waals surface area contributed by atoms with E-state index in [1.54, 1.807) is 30.0 Å². The Morgan fingerprint density at radius 2 is 2.16 bits per heavy atom. The van der Waals surface area contributed by atoms with Crippen LogP contribution in [-0.4, -0.2) is 35.7 Å². The molecule has 0 aliphatic heterocycles. The van der Waals surface area contributed by atoms with Crippen molar-refractivity contribution >= 4 is 29.4 Å². The number of urea groups is 1. The van der Waals surface area contributed by atoms with Crippen LogP contribution in [0.1, 0.15) is 12.0 Å². The maximum atomic E-state index is 11.5. The largest absolute Gasteiger partial charge is 0.481 e. The number of benzene rings is 1. The highest BCUT2D eigenvalue weighted by atomic mass is 32.2. The average molecular weight is 282 g/mol. The summed E-state index contributed by atoms with van der Waals surface area (Å²) in [4.78, 5) is 22.0. The monoisotopic (exact) mass is 282 g/mol. The van der Waals surface area contributed by atoms with Gasteiger partial charge in [-0.25, -0.2) is 4.79 Å². The SMILES string of the molecule is CSCCNC(=O)Nc1cccc(CCC(=O)O)c1. The van der Waals surface area contributed by atoms with Crippen LogP contribution in [0.25, 0.3) is 0 Å². The topological polar surface area (TPSA) is 78.4 Å². The van der Waals surface area contributed by atoms with E-state index in [1.807, 2.05) is 12.3 Å². The van der Waals surface area contributed by atoms with Crippen molar-refractivity contribution in [3.63, 3.8) is 0 Å². The smallest absolute Gasteiger partial charge is 0.319 e. The van der Waals surface area contributed by atoms with Crippen molar-refractivity contribution in [1.82, 2.24) is 5.32 Å². The Kier molecular flexibility index (Phi) is 6.81. The molecular weight excluding hydrogens is 264 g/mol. The Hall–Kier alpha value is -1.69. The van der Waals surface area contributed by atoms with Gasteiger partial charge < -0.3 is 15.7 Å². The second-order valence-corrected chi connectivity index (χ2v) is 4.95. The number of aliphatic carboxylic acids is 1. The molecule has 0 radical (unpaired) electrons. The van der Waals surface area contributed by atoms with E-state index in [0.717, 1.165) is 11.3 Å². The van der Waals surface area contributed by atoms with E-state index in [4.69, 9.17) is 5.11 Å². The molecule has 1 rings (SSSR count). The molecule has 0 saturated heterocycles. The van der Waals surface area contributed by atoms with E-state index in [9.17, 15) is 9.59 Å². The zero-order valence-corrected chi connectivity index (χ0v) is 11.6. The summed E-state index contributed by atoms with van der Waals surface area (Å²) in [7, 11) is 0. The number of thioether (sulfide) groups is 1. The zero-order chi connectivity index (χ0) is 14.1. The summed E-state index contributed by atoms with van der Waals surface area (Å²) in [5.74, 6) is 0.0414. The molecule has 0 fully saturated rings. The third-order valence-electron chi connectivity index (χ3n) is 2.40. The summed E-state index contributed by atoms with van der Waals surface area (Å²) in [6.07, 6.45) is 2.52. The number of aryl methyl sites for hydroxylation is 1. The van der Waals surface area contributed by atoms with Crippen LogP contribution in [0.2, 0.25) is 0 Å². The molecule has 1 aromatic rings. The van der Waals surface area contributed by atoms with Gasteiger partial charge in [0.1, 0.15) is 0 Å². The van der Waals surface area contributed by atoms with Gasteiger partial charge in [-0.2, -0.15) is 11.8 Å². The number of carbonyl (C=O) groups is 2. The molecule has 0 spiro atoms. The van der Waals surface area contributed by atoms with Gasteiger partial charge in [0.2, 0.25) is 0 Å². The van der Waals surface area contributed by atoms with Crippen molar-refractivity contribution in [2.75, 3.05) is 23.9 Å². The number of carboxylic acids is 1. The lowest BCUT2D eigenvalue weighted by Gasteiger charge is -2.08. The number of rotatable bonds is 7. The maximum Gasteiger partial charge on any atom is 0.319 e. The molecule has 1 aromatic carbocycles. The Bertz CT molecular complexity index is 438. The molecule has 0 saturated carbocycles. The Morgan fingerprint density at radius 1 is 1.37 bits per heavy atom. The van der Waals surface area contributed by atoms with Crippen molar-refractivity contribution in [2.24, 2.45) is 0 Å². The summed E-state index contributed by atoms with van der Waals surface area (Å²) in [6.45, 7) is 0.617. The second kappa shape index (κ2) is 8.42. The predicted molar refractivity (Wildman–Crippen MR) is 77.8 cm³/mol. The first-order chi connectivity index (χ1) is 9.11. The van der Waals surface area contributed by atoms with Crippen LogP contribution in [0, 0.1) is 0 Å². The number of hydrogen-bond donors (Lipinski definition) is 3. The van der Waals surface area contributed by atoms with Crippen LogP contribution < -0.4 is 10.6 Å². The molecule has 0 aliphatic rings. The third-order valence-corrected chi connectivity index (χ3v) is 3.02. The first kappa shape index (κ1) is 15.4. The molecule has 2 amide bonds. The van der Waals surface area contributed by atoms with E-state index in [1.165, 1.54) is 0 Å². The van der Waals surface area contributed by atoms with Crippen LogP contribution in [0.5, 0.6) is 0 Å². The first-order valence-corrected chi connectivity index (χ1v) is 7.35. The summed E-state index contributed by atoms with van der Waals surface area (Å²) in [6, 6.07) is 6.97. The zero-order valence-electron chi connectivity index (χ0n) is 10.8. The quantitative estimate of drug-likeness (QED) is 0.670. The molecule has 19 heavy (non-hydrogen) atoms. The van der Waals surface area contributed by atoms with Crippen molar-refractivity contribution in [3.8, 4) is 0 Å². The minimum absolute atomic E-state index is 0.0867. The molecule has 104 valence electrons. The van der Waals surface area contributed by atoms with Crippen molar-refractivity contribution < 1.29 is 14.7 Å². The van der Waals surface area contributed by atoms with Crippen molar-refractivity contribution in [2.45, 2.75) is 12.8 Å². The van der Waals surface area contributed by atoms with Crippen LogP contribution in [-0.2, 0) is 11.2 Å². The number of carboxylic acid groups (broad SMARTS) is 1. The molecule has 0 atom stereocenters. The third kappa shape index (κ3) is 6.71. The lowest BCUT2D eigenvalue weighted by molar-refractivity contribution is -0.136. The van der Waals surface area contributed by atoms with Crippen molar-refractivity contribution in [1.29, 1.82) is 0 Å². The molecule has 0 unspecified atom stereocenters. The Morgan fingerprint density at radius 3 is 2.84 bits per heavy atom. The molecule has 0 aromatic heterocycles. The second-order valence-electron chi connectivity index (χ2n) is 3.97. The fraction of sp³-hybridized carbons (Fsp3) is 0.385. The number of carbonyl (C=O) groups excluding carboxylic acids is 1. The average Bonchev–Trinajstić information content (AvgIpc) is 2.37. The fourth-order valence-corrected chi connectivity index (χ4v) is 1.80. The van der Waals surface area contributed by atoms with Crippen LogP contribution >= 0.6 is 11.8 Å². The fourth-order valence-electron chi connectivity index (χ4n) is 1.50. The highest BCUT2D eigenvalue weighted by Crippen LogP contribution is 2.12. The highest BCUT2D eigenvalue weighted by Gasteiger charge is 2.03. The van der Waals surface area contributed by atoms with Gasteiger partial charge in [0.25, 0.3) is 0 Å². The summed E-state index contributed by atoms with van der Waals surface area (Å²) < 4.78 is 0. The first-order valence-electron chi connectivity index (χ1n) is 5.96. The summed E-state index contributed by atoms with van der Waals surface area (Å²) in [5, 5.41) is 14.1. The van der Waals surface area contributed by atoms with Gasteiger partial charge in [-0.15, -0.1) is 0 Å². The van der Waals surface area contributed by atoms with Gasteiger partial charge in [0, 0.05) is 24.4 Å². The predicted octanol–water partition coefficient (Wildman–Crippen LogP) is 2.19. The van der Waals surface area contributed by atoms with Crippen LogP contribution in [0.3, 0.4) is 0 Å². The van der Waals surface area contributed by atoms with Gasteiger partial charge in [0.15, 0.2) is 0 Å². The molecular formula is C13H18N2O3S. The Labute approximate surface area is 116 Å². The number of hydrogen-bond acceptors (Lipinski definition) is 3. The number of amides is 2. The standard InChI is InChI=1S/C13H18N2O3S/c1-19-8-7-14-13(18)15-11-4-2-3-10(9-11)5-6-12(16)17/h2-4,9H,5-8H2,1H3,(H,16,17)(H2,14,15,18). The molecule has 0 bridgehead atoms.